The maximum absolute atomic E-state index is 13.5. The Morgan fingerprint density at radius 3 is 2.18 bits per heavy atom. The fourth-order valence-electron chi connectivity index (χ4n) is 5.64. The summed E-state index contributed by atoms with van der Waals surface area (Å²) < 4.78 is 23.0. The van der Waals surface area contributed by atoms with Crippen molar-refractivity contribution in [2.75, 3.05) is 19.0 Å². The minimum Gasteiger partial charge on any atom is -0.489 e. The largest absolute Gasteiger partial charge is 0.489 e. The van der Waals surface area contributed by atoms with Crippen molar-refractivity contribution in [1.82, 2.24) is 20.5 Å². The van der Waals surface area contributed by atoms with E-state index in [9.17, 15) is 29.1 Å². The van der Waals surface area contributed by atoms with Gasteiger partial charge >= 0.3 is 18.2 Å². The first kappa shape index (κ1) is 43.8. The van der Waals surface area contributed by atoms with Crippen molar-refractivity contribution < 1.29 is 48.0 Å². The second-order valence-corrected chi connectivity index (χ2v) is 14.6. The highest BCUT2D eigenvalue weighted by molar-refractivity contribution is 6.02. The summed E-state index contributed by atoms with van der Waals surface area (Å²) >= 11 is 0. The number of methoxy groups -OCH3 is 1. The number of esters is 1. The number of anilines is 1. The number of amides is 3. The molecule has 16 nitrogen and oxygen atoms in total. The summed E-state index contributed by atoms with van der Waals surface area (Å²) in [6.07, 6.45) is -2.31. The molecule has 0 saturated heterocycles. The van der Waals surface area contributed by atoms with Crippen LogP contribution in [0.5, 0.6) is 5.75 Å². The van der Waals surface area contributed by atoms with E-state index in [4.69, 9.17) is 24.7 Å². The molecule has 0 spiro atoms. The number of aliphatic hydroxyl groups is 1. The zero-order valence-corrected chi connectivity index (χ0v) is 33.0. The van der Waals surface area contributed by atoms with Crippen LogP contribution in [0.3, 0.4) is 0 Å². The molecule has 3 aromatic carbocycles. The first-order valence-corrected chi connectivity index (χ1v) is 18.5. The maximum atomic E-state index is 13.5. The molecule has 3 atom stereocenters. The Morgan fingerprint density at radius 1 is 0.860 bits per heavy atom. The Morgan fingerprint density at radius 2 is 1.54 bits per heavy atom. The highest BCUT2D eigenvalue weighted by Gasteiger charge is 2.30. The molecule has 0 fully saturated rings. The molecule has 3 amide bonds. The average Bonchev–Trinajstić information content (AvgIpc) is 3.55. The van der Waals surface area contributed by atoms with E-state index in [0.29, 0.717) is 40.9 Å². The quantitative estimate of drug-likeness (QED) is 0.0369. The monoisotopic (exact) mass is 788 g/mol. The number of benzene rings is 3. The molecule has 1 unspecified atom stereocenters. The summed E-state index contributed by atoms with van der Waals surface area (Å²) in [5.41, 5.74) is 6.88. The molecule has 0 radical (unpaired) electrons. The van der Waals surface area contributed by atoms with Gasteiger partial charge in [0.15, 0.2) is 6.35 Å². The molecule has 16 heteroatoms. The molecule has 0 saturated carbocycles. The number of aromatic nitrogens is 1. The molecule has 306 valence electrons. The van der Waals surface area contributed by atoms with E-state index < -0.39 is 54.0 Å². The summed E-state index contributed by atoms with van der Waals surface area (Å²) in [7, 11) is 1.22. The Kier molecular flexibility index (Phi) is 15.6. The number of carbonyl (C=O) groups is 5. The zero-order chi connectivity index (χ0) is 41.7. The third-order valence-electron chi connectivity index (χ3n) is 8.46. The van der Waals surface area contributed by atoms with Gasteiger partial charge in [-0.15, -0.1) is 0 Å². The average molecular weight is 789 g/mol. The lowest BCUT2D eigenvalue weighted by Gasteiger charge is -2.27. The Balaban J connectivity index is 1.43. The van der Waals surface area contributed by atoms with Gasteiger partial charge in [-0.05, 0) is 87.5 Å². The minimum atomic E-state index is -1.25. The zero-order valence-electron chi connectivity index (χ0n) is 33.0. The van der Waals surface area contributed by atoms with Gasteiger partial charge in [0.2, 0.25) is 11.8 Å². The second-order valence-electron chi connectivity index (χ2n) is 14.6. The van der Waals surface area contributed by atoms with Crippen LogP contribution in [0, 0.1) is 5.92 Å². The maximum Gasteiger partial charge on any atom is 0.419 e. The topological polar surface area (TPSA) is 222 Å². The van der Waals surface area contributed by atoms with Gasteiger partial charge in [-0.3, -0.25) is 20.6 Å². The number of nitrogens with zero attached hydrogens (tertiary/aromatic N) is 1. The second kappa shape index (κ2) is 20.3. The molecule has 57 heavy (non-hydrogen) atoms. The van der Waals surface area contributed by atoms with Gasteiger partial charge in [0.1, 0.15) is 42.3 Å². The van der Waals surface area contributed by atoms with Crippen LogP contribution in [0.15, 0.2) is 78.9 Å². The minimum absolute atomic E-state index is 0.0206. The molecule has 7 N–H and O–H groups in total. The summed E-state index contributed by atoms with van der Waals surface area (Å²) in [4.78, 5) is 65.6. The highest BCUT2D eigenvalue weighted by atomic mass is 16.6. The fraction of sp³-hybridized carbons (Fsp3) is 0.390. The van der Waals surface area contributed by atoms with Gasteiger partial charge in [0.05, 0.1) is 12.6 Å². The van der Waals surface area contributed by atoms with E-state index in [-0.39, 0.29) is 31.2 Å². The summed E-state index contributed by atoms with van der Waals surface area (Å²) in [5.74, 6) is -1.69. The van der Waals surface area contributed by atoms with Crippen LogP contribution in [0.4, 0.5) is 15.3 Å². The van der Waals surface area contributed by atoms with Gasteiger partial charge in [-0.25, -0.2) is 19.0 Å². The van der Waals surface area contributed by atoms with Gasteiger partial charge in [0.25, 0.3) is 0 Å². The van der Waals surface area contributed by atoms with Crippen LogP contribution in [0.2, 0.25) is 0 Å². The normalized spacial score (nSPS) is 12.9. The number of ether oxygens (including phenoxy) is 4. The number of nitrogens with two attached hydrogens (primary N) is 1. The van der Waals surface area contributed by atoms with E-state index in [0.717, 1.165) is 10.1 Å². The van der Waals surface area contributed by atoms with Gasteiger partial charge < -0.3 is 40.0 Å². The van der Waals surface area contributed by atoms with Gasteiger partial charge in [-0.2, -0.15) is 0 Å². The molecule has 0 aliphatic rings. The number of carbonyl (C=O) groups excluding carboxylic acids is 5. The SMILES string of the molecule is COC(=O)c1cc2ccc(OCc3ccccc3)cc2n1C(=O)OCc1ccc(NC(=O)[C@H](CCCNC(N)O)NC(=O)[C@@H](NC(=O)OC(C)(C)C)C(C)C)cc1. The summed E-state index contributed by atoms with van der Waals surface area (Å²) in [6, 6.07) is 20.7. The molecular formula is C41H52N6O10. The standard InChI is InChI=1S/C41H52N6O10/c1-25(2)34(46-39(52)57-41(3,4)5)36(49)45-31(13-10-20-43-38(42)51)35(48)44-29-17-14-27(15-18-29)24-56-40(53)47-32-22-30(55-23-26-11-8-7-9-12-26)19-16-28(32)21-33(47)37(50)54-6/h7-9,11-12,14-19,21-22,25,31,34,38,43,51H,10,13,20,23-24,42H2,1-6H3,(H,44,48)(H,45,49)(H,46,52)/t31-,34-,38?/m0/s1. The van der Waals surface area contributed by atoms with Crippen LogP contribution in [-0.2, 0) is 37.0 Å². The first-order chi connectivity index (χ1) is 27.0. The molecule has 1 aromatic heterocycles. The molecule has 0 bridgehead atoms. The Labute approximate surface area is 331 Å². The predicted octanol–water partition coefficient (Wildman–Crippen LogP) is 4.77. The fourth-order valence-corrected chi connectivity index (χ4v) is 5.64. The number of alkyl carbamates (subject to hydrolysis) is 1. The van der Waals surface area contributed by atoms with Crippen LogP contribution >= 0.6 is 0 Å². The van der Waals surface area contributed by atoms with E-state index >= 15 is 0 Å². The Hall–Kier alpha value is -5.97. The third kappa shape index (κ3) is 13.3. The number of fused-ring (bicyclic) bond motifs is 1. The van der Waals surface area contributed by atoms with E-state index in [1.807, 2.05) is 30.3 Å². The number of rotatable bonds is 17. The van der Waals surface area contributed by atoms with Crippen molar-refractivity contribution in [3.05, 3.63) is 95.7 Å². The lowest BCUT2D eigenvalue weighted by Crippen LogP contribution is -2.55. The molecule has 0 aliphatic carbocycles. The van der Waals surface area contributed by atoms with Crippen molar-refractivity contribution in [3.8, 4) is 5.75 Å². The predicted molar refractivity (Wildman–Crippen MR) is 212 cm³/mol. The summed E-state index contributed by atoms with van der Waals surface area (Å²) in [5, 5.41) is 20.7. The Bertz CT molecular complexity index is 1990. The van der Waals surface area contributed by atoms with E-state index in [2.05, 4.69) is 21.3 Å². The van der Waals surface area contributed by atoms with Crippen molar-refractivity contribution in [2.45, 2.75) is 84.7 Å². The van der Waals surface area contributed by atoms with Crippen LogP contribution in [0.25, 0.3) is 10.9 Å². The van der Waals surface area contributed by atoms with Crippen LogP contribution < -0.4 is 31.7 Å². The van der Waals surface area contributed by atoms with Crippen LogP contribution in [-0.4, -0.2) is 77.3 Å². The van der Waals surface area contributed by atoms with Crippen LogP contribution in [0.1, 0.15) is 69.1 Å². The molecule has 4 rings (SSSR count). The van der Waals surface area contributed by atoms with Gasteiger partial charge in [-0.1, -0.05) is 56.3 Å². The first-order valence-electron chi connectivity index (χ1n) is 18.5. The molecule has 0 aliphatic heterocycles. The summed E-state index contributed by atoms with van der Waals surface area (Å²) in [6.45, 7) is 9.01. The van der Waals surface area contributed by atoms with E-state index in [1.165, 1.54) is 13.2 Å². The highest BCUT2D eigenvalue weighted by Crippen LogP contribution is 2.27. The van der Waals surface area contributed by atoms with Crippen molar-refractivity contribution in [1.29, 1.82) is 0 Å². The van der Waals surface area contributed by atoms with E-state index in [1.54, 1.807) is 77.1 Å². The lowest BCUT2D eigenvalue weighted by molar-refractivity contribution is -0.128. The molecule has 1 heterocycles. The van der Waals surface area contributed by atoms with Crippen molar-refractivity contribution >= 4 is 46.6 Å². The number of hydrogen-bond donors (Lipinski definition) is 6. The lowest BCUT2D eigenvalue weighted by atomic mass is 10.0. The molecule has 4 aromatic rings. The van der Waals surface area contributed by atoms with Crippen molar-refractivity contribution in [3.63, 3.8) is 0 Å². The molecular weight excluding hydrogens is 736 g/mol. The van der Waals surface area contributed by atoms with Gasteiger partial charge in [0, 0.05) is 17.1 Å². The smallest absolute Gasteiger partial charge is 0.419 e. The van der Waals surface area contributed by atoms with Crippen molar-refractivity contribution in [2.24, 2.45) is 11.7 Å². The number of nitrogens with one attached hydrogen (secondary N) is 4. The number of hydrogen-bond acceptors (Lipinski definition) is 12. The third-order valence-corrected chi connectivity index (χ3v) is 8.46. The number of aliphatic hydroxyl groups excluding tert-OH is 1.